The van der Waals surface area contributed by atoms with Crippen molar-refractivity contribution in [2.24, 2.45) is 28.6 Å². The van der Waals surface area contributed by atoms with Gasteiger partial charge in [-0.15, -0.1) is 0 Å². The third kappa shape index (κ3) is 14.0. The van der Waals surface area contributed by atoms with Gasteiger partial charge in [-0.05, 0) is 87.3 Å². The van der Waals surface area contributed by atoms with Gasteiger partial charge in [0, 0.05) is 73.5 Å². The lowest BCUT2D eigenvalue weighted by Crippen LogP contribution is -2.62. The van der Waals surface area contributed by atoms with Gasteiger partial charge in [0.05, 0.1) is 62.7 Å². The van der Waals surface area contributed by atoms with Crippen LogP contribution < -0.4 is 15.6 Å². The van der Waals surface area contributed by atoms with Crippen LogP contribution in [-0.2, 0) is 46.3 Å². The summed E-state index contributed by atoms with van der Waals surface area (Å²) in [5.74, 6) is -11.0. The van der Waals surface area contributed by atoms with E-state index in [1.54, 1.807) is 30.5 Å². The number of carbonyl (C=O) groups is 4. The Hall–Kier alpha value is -6.31. The molecule has 3 aromatic rings. The number of aromatic nitrogens is 1. The molecule has 4 fully saturated rings. The van der Waals surface area contributed by atoms with Crippen LogP contribution in [0.1, 0.15) is 82.9 Å². The van der Waals surface area contributed by atoms with E-state index in [2.05, 4.69) is 24.7 Å². The predicted octanol–water partition coefficient (Wildman–Crippen LogP) is 7.90. The number of esters is 1. The number of alkyl carbamates (subject to hydrolysis) is 1. The zero-order valence-corrected chi connectivity index (χ0v) is 44.5. The number of benzene rings is 2. The monoisotopic (exact) mass is 1120 g/mol. The molecule has 2 aromatic carbocycles. The number of piperazine rings is 1. The van der Waals surface area contributed by atoms with E-state index in [0.717, 1.165) is 64.7 Å². The first-order chi connectivity index (χ1) is 37.0. The third-order valence-electron chi connectivity index (χ3n) is 15.8. The summed E-state index contributed by atoms with van der Waals surface area (Å²) in [7, 11) is 1.74. The summed E-state index contributed by atoms with van der Waals surface area (Å²) in [6, 6.07) is 10.7. The van der Waals surface area contributed by atoms with E-state index in [9.17, 15) is 50.6 Å². The summed E-state index contributed by atoms with van der Waals surface area (Å²) in [6.07, 6.45) is -10.9. The van der Waals surface area contributed by atoms with E-state index >= 15 is 8.78 Å². The first kappa shape index (κ1) is 60.3. The molecule has 6 atom stereocenters. The number of carbonyl (C=O) groups excluding carboxylic acids is 4. The molecule has 17 nitrogen and oxygen atoms in total. The normalized spacial score (nSPS) is 19.7. The number of fused-ring (bicyclic) bond motifs is 2. The Labute approximate surface area is 451 Å². The molecule has 2 unspecified atom stereocenters. The number of aliphatic hydroxyl groups excluding tert-OH is 1. The minimum Gasteiger partial charge on any atom is -0.469 e. The Morgan fingerprint density at radius 3 is 1.92 bits per heavy atom. The summed E-state index contributed by atoms with van der Waals surface area (Å²) in [5, 5.41) is 31.0. The Bertz CT molecular complexity index is 2680. The number of amides is 2. The molecule has 79 heavy (non-hydrogen) atoms. The number of alkyl halides is 6. The summed E-state index contributed by atoms with van der Waals surface area (Å²) in [6.45, 7) is 3.67. The molecular weight excluding hydrogens is 1060 g/mol. The molecule has 4 heterocycles. The highest BCUT2D eigenvalue weighted by molar-refractivity contribution is 6.00. The highest BCUT2D eigenvalue weighted by Gasteiger charge is 2.57. The van der Waals surface area contributed by atoms with Crippen LogP contribution in [0.2, 0.25) is 0 Å². The number of Topliss-reactive ketones (excluding diaryl/α,β-unsaturated/α-hetero) is 1. The molecule has 4 aliphatic rings. The Morgan fingerprint density at radius 2 is 1.42 bits per heavy atom. The smallest absolute Gasteiger partial charge is 0.407 e. The Balaban J connectivity index is 1.19. The van der Waals surface area contributed by atoms with Crippen LogP contribution >= 0.6 is 0 Å². The van der Waals surface area contributed by atoms with Crippen LogP contribution in [0.5, 0.6) is 0 Å². The van der Waals surface area contributed by atoms with Crippen molar-refractivity contribution in [3.63, 3.8) is 0 Å². The maximum atomic E-state index is 16.1. The zero-order valence-electron chi connectivity index (χ0n) is 44.5. The van der Waals surface area contributed by atoms with Crippen molar-refractivity contribution in [2.45, 2.75) is 122 Å². The highest BCUT2D eigenvalue weighted by atomic mass is 19.4. The molecule has 2 amide bonds. The quantitative estimate of drug-likeness (QED) is 0.0213. The van der Waals surface area contributed by atoms with Crippen molar-refractivity contribution >= 4 is 41.4 Å². The van der Waals surface area contributed by atoms with Gasteiger partial charge in [-0.1, -0.05) is 38.1 Å². The van der Waals surface area contributed by atoms with Crippen LogP contribution in [0.3, 0.4) is 0 Å². The molecule has 5 N–H and O–H groups in total. The van der Waals surface area contributed by atoms with Crippen molar-refractivity contribution in [3.8, 4) is 11.1 Å². The maximum Gasteiger partial charge on any atom is 0.407 e. The third-order valence-corrected chi connectivity index (χ3v) is 15.8. The van der Waals surface area contributed by atoms with Crippen molar-refractivity contribution in [1.29, 1.82) is 10.8 Å². The zero-order chi connectivity index (χ0) is 57.9. The van der Waals surface area contributed by atoms with E-state index in [1.165, 1.54) is 0 Å². The van der Waals surface area contributed by atoms with Gasteiger partial charge >= 0.3 is 24.4 Å². The van der Waals surface area contributed by atoms with E-state index in [-0.39, 0.29) is 18.2 Å². The fourth-order valence-corrected chi connectivity index (χ4v) is 10.3. The summed E-state index contributed by atoms with van der Waals surface area (Å²) >= 11 is 0. The number of hydrogen-bond acceptors (Lipinski definition) is 15. The molecule has 0 radical (unpaired) electrons. The minimum absolute atomic E-state index is 0.270. The lowest BCUT2D eigenvalue weighted by Gasteiger charge is -2.48. The van der Waals surface area contributed by atoms with E-state index in [4.69, 9.17) is 25.3 Å². The minimum atomic E-state index is -5.13. The summed E-state index contributed by atoms with van der Waals surface area (Å²) < 4.78 is 140. The van der Waals surface area contributed by atoms with Gasteiger partial charge in [-0.25, -0.2) is 23.6 Å². The van der Waals surface area contributed by atoms with Crippen LogP contribution in [0.25, 0.3) is 11.1 Å². The van der Waals surface area contributed by atoms with Gasteiger partial charge in [0.15, 0.2) is 11.7 Å². The first-order valence-electron chi connectivity index (χ1n) is 25.8. The number of pyridine rings is 1. The molecule has 2 bridgehead atoms. The molecule has 0 spiro atoms. The number of nitrogens with one attached hydrogen (secondary N) is 4. The fraction of sp³-hybridized carbons (Fsp3) is 0.574. The molecule has 7 rings (SSSR count). The van der Waals surface area contributed by atoms with Crippen molar-refractivity contribution in [2.75, 3.05) is 52.0 Å². The average Bonchev–Trinajstić information content (AvgIpc) is 4.35. The van der Waals surface area contributed by atoms with Gasteiger partial charge in [-0.2, -0.15) is 26.3 Å². The van der Waals surface area contributed by atoms with Gasteiger partial charge in [0.2, 0.25) is 11.8 Å². The van der Waals surface area contributed by atoms with Gasteiger partial charge in [-0.3, -0.25) is 35.5 Å². The number of nitrogens with zero attached hydrogens (tertiary/aromatic N) is 4. The molecule has 1 aromatic heterocycles. The lowest BCUT2D eigenvalue weighted by molar-refractivity contribution is -0.231. The highest BCUT2D eigenvalue weighted by Crippen LogP contribution is 2.46. The number of hydrazine groups is 1. The van der Waals surface area contributed by atoms with Crippen molar-refractivity contribution in [1.82, 2.24) is 25.6 Å². The topological polar surface area (TPSA) is 220 Å². The largest absolute Gasteiger partial charge is 0.469 e. The first-order valence-corrected chi connectivity index (χ1v) is 25.8. The van der Waals surface area contributed by atoms with Crippen LogP contribution in [0, 0.1) is 51.0 Å². The van der Waals surface area contributed by atoms with Gasteiger partial charge in [0.25, 0.3) is 0 Å². The number of rotatable bonds is 22. The number of methoxy groups -OCH3 is 2. The Morgan fingerprint density at radius 1 is 0.823 bits per heavy atom. The van der Waals surface area contributed by atoms with Crippen molar-refractivity contribution < 1.29 is 78.4 Å². The SMILES string of the molecule is COC(=O)C[C@H](C(=O)NN(Cc1c(F)cc(C(=N)OC(=N)C2CC2)cc1F)C[C@H](O)[C@@H](CC(=O)[C@@H](NC(=O)OC)C(C)(C)C(F)(F)F)Cc1ccc(-c2ccc(N3CC4CCC(C3)N4C3COC3)nc2)cc1)C(C)(C)C(F)(F)F. The average molecular weight is 1120 g/mol. The summed E-state index contributed by atoms with van der Waals surface area (Å²) in [5.41, 5.74) is -3.25. The maximum absolute atomic E-state index is 16.1. The molecular formula is C54H66F8N8O9. The molecule has 3 aliphatic heterocycles. The van der Waals surface area contributed by atoms with Crippen LogP contribution in [-0.4, -0.2) is 145 Å². The fourth-order valence-electron chi connectivity index (χ4n) is 10.3. The number of ketones is 1. The second-order valence-electron chi connectivity index (χ2n) is 21.9. The number of hydrogen-bond donors (Lipinski definition) is 5. The summed E-state index contributed by atoms with van der Waals surface area (Å²) in [4.78, 5) is 63.0. The standard InChI is InChI=1S/C54H66F8N8O9/c1-51(2,53(57,58)59)39(21-45(73)76-5)49(74)67-69(25-38-40(55)18-34(19-41(38)56)48(64)79-47(63)31-11-12-31)26-43(72)33(20-42(71)46(66-50(75)77-6)52(3,4)54(60,61)62)17-29-7-9-30(10-8-29)32-13-16-44(65-22-32)68-23-35-14-15-36(24-68)70(35)37-27-78-28-37/h7-10,13,16,18-19,22,31,33,35-37,39,43,46,63-64,72H,11-12,14-15,17,20-21,23-28H2,1-6H3,(H,66,75)(H,67,74)/t33-,35?,36?,39-,43+,46-/m1/s1. The van der Waals surface area contributed by atoms with Gasteiger partial charge < -0.3 is 34.3 Å². The number of aliphatic hydroxyl groups is 1. The van der Waals surface area contributed by atoms with Crippen LogP contribution in [0.4, 0.5) is 45.7 Å². The second kappa shape index (κ2) is 24.2. The Kier molecular flexibility index (Phi) is 18.5. The second-order valence-corrected chi connectivity index (χ2v) is 21.9. The molecule has 1 aliphatic carbocycles. The van der Waals surface area contributed by atoms with E-state index in [1.807, 2.05) is 17.4 Å². The lowest BCUT2D eigenvalue weighted by atomic mass is 9.75. The number of halogens is 8. The molecule has 1 saturated carbocycles. The number of ether oxygens (including phenoxy) is 4. The molecule has 432 valence electrons. The van der Waals surface area contributed by atoms with Crippen LogP contribution in [0.15, 0.2) is 54.7 Å². The van der Waals surface area contributed by atoms with E-state index in [0.29, 0.717) is 86.9 Å². The van der Waals surface area contributed by atoms with E-state index < -0.39 is 126 Å². The molecule has 3 saturated heterocycles. The molecule has 25 heteroatoms. The van der Waals surface area contributed by atoms with Gasteiger partial charge in [0.1, 0.15) is 23.5 Å². The van der Waals surface area contributed by atoms with Crippen molar-refractivity contribution in [3.05, 3.63) is 83.1 Å². The predicted molar refractivity (Wildman–Crippen MR) is 270 cm³/mol. The number of anilines is 1.